The average molecular weight is 816 g/mol. The lowest BCUT2D eigenvalue weighted by Gasteiger charge is -2.20. The summed E-state index contributed by atoms with van der Waals surface area (Å²) in [4.78, 5) is 3.88. The van der Waals surface area contributed by atoms with E-state index in [2.05, 4.69) is 146 Å². The van der Waals surface area contributed by atoms with E-state index in [1.807, 2.05) is 11.8 Å². The van der Waals surface area contributed by atoms with Crippen LogP contribution in [0.1, 0.15) is 18.4 Å². The number of para-hydroxylation sites is 1. The Kier molecular flexibility index (Phi) is 10.2. The lowest BCUT2D eigenvalue weighted by atomic mass is 10.1. The van der Waals surface area contributed by atoms with Crippen molar-refractivity contribution in [2.75, 3.05) is 20.3 Å². The first-order valence-electron chi connectivity index (χ1n) is 11.7. The molecule has 35 heavy (non-hydrogen) atoms. The number of thioether (sulfide) groups is 1. The first kappa shape index (κ1) is 27.2. The van der Waals surface area contributed by atoms with Crippen LogP contribution in [0.4, 0.5) is 5.69 Å². The quantitative estimate of drug-likeness (QED) is 0.134. The summed E-state index contributed by atoms with van der Waals surface area (Å²) in [5.41, 5.74) is 3.91. The summed E-state index contributed by atoms with van der Waals surface area (Å²) < 4.78 is 4.72. The first-order chi connectivity index (χ1) is 16.8. The molecule has 2 nitrogen and oxygen atoms in total. The molecule has 1 aliphatic rings. The van der Waals surface area contributed by atoms with E-state index in [4.69, 9.17) is 0 Å². The second-order valence-corrected chi connectivity index (χ2v) is 11.5. The van der Waals surface area contributed by atoms with Crippen LogP contribution in [0.2, 0.25) is 0 Å². The van der Waals surface area contributed by atoms with Gasteiger partial charge in [-0.3, -0.25) is 0 Å². The summed E-state index contributed by atoms with van der Waals surface area (Å²) in [6, 6.07) is 24.3. The molecule has 0 amide bonds. The zero-order valence-corrected chi connectivity index (χ0v) is 26.6. The summed E-state index contributed by atoms with van der Waals surface area (Å²) in [6.45, 7) is 2.11. The molecule has 0 saturated carbocycles. The summed E-state index contributed by atoms with van der Waals surface area (Å²) in [5, 5.41) is 5.28. The predicted molar refractivity (Wildman–Crippen MR) is 165 cm³/mol. The van der Waals surface area contributed by atoms with Crippen molar-refractivity contribution < 1.29 is 28.5 Å². The summed E-state index contributed by atoms with van der Waals surface area (Å²) >= 11 is 6.84. The highest BCUT2D eigenvalue weighted by Crippen LogP contribution is 2.49. The van der Waals surface area contributed by atoms with E-state index in [-0.39, 0.29) is 24.0 Å². The van der Waals surface area contributed by atoms with Crippen LogP contribution in [0.5, 0.6) is 0 Å². The van der Waals surface area contributed by atoms with Crippen molar-refractivity contribution in [3.05, 3.63) is 95.7 Å². The summed E-state index contributed by atoms with van der Waals surface area (Å²) in [7, 11) is 0. The third-order valence-electron chi connectivity index (χ3n) is 6.14. The zero-order chi connectivity index (χ0) is 23.3. The fourth-order valence-electron chi connectivity index (χ4n) is 4.52. The van der Waals surface area contributed by atoms with E-state index in [1.165, 1.54) is 64.5 Å². The molecule has 1 aliphatic heterocycles. The molecule has 0 fully saturated rings. The molecule has 0 aliphatic carbocycles. The van der Waals surface area contributed by atoms with Crippen LogP contribution in [-0.2, 0) is 6.54 Å². The normalized spacial score (nSPS) is 14.2. The van der Waals surface area contributed by atoms with Crippen molar-refractivity contribution in [2.45, 2.75) is 24.3 Å². The number of pyridine rings is 1. The van der Waals surface area contributed by atoms with Gasteiger partial charge < -0.3 is 28.9 Å². The summed E-state index contributed by atoms with van der Waals surface area (Å²) in [5.74, 6) is 0. The highest BCUT2D eigenvalue weighted by atomic mass is 127. The van der Waals surface area contributed by atoms with Crippen LogP contribution in [0, 0.1) is 0 Å². The van der Waals surface area contributed by atoms with Gasteiger partial charge in [-0.25, -0.2) is 0 Å². The number of fused-ring (bicyclic) bond motifs is 4. The number of nitrogens with zero attached hydrogens (tertiary/aromatic N) is 2. The van der Waals surface area contributed by atoms with E-state index in [0.29, 0.717) is 0 Å². The molecule has 0 unspecified atom stereocenters. The van der Waals surface area contributed by atoms with Crippen LogP contribution in [-0.4, -0.2) is 15.4 Å². The molecular weight excluding hydrogens is 789 g/mol. The Morgan fingerprint density at radius 2 is 1.63 bits per heavy atom. The Hall–Kier alpha value is -0.850. The number of aromatic nitrogens is 1. The molecule has 0 saturated heterocycles. The van der Waals surface area contributed by atoms with Crippen LogP contribution in [0.3, 0.4) is 0 Å². The lowest BCUT2D eigenvalue weighted by molar-refractivity contribution is -0.671. The largest absolute Gasteiger partial charge is 1.00 e. The first-order valence-corrected chi connectivity index (χ1v) is 15.6. The SMILES string of the molecule is ICCCN1C(=CC=Cc2cc[n+](CCCI)c3ccccc23)Sc2c1ccc1ccccc21.[I-]. The molecule has 6 heteroatoms. The second-order valence-electron chi connectivity index (χ2n) is 8.32. The second kappa shape index (κ2) is 13.1. The Balaban J connectivity index is 0.00000289. The standard InChI is InChI=1S/C29H27I2N2S.HI/c30-17-6-19-32-21-16-23(24-10-3-4-12-26(24)32)9-5-13-28-33(20-7-18-31)27-15-14-22-8-1-2-11-25(22)29(27)34-28;/h1-5,8-16,21H,6-7,17-20H2;1H/q+1;/p-1. The van der Waals surface area contributed by atoms with Gasteiger partial charge in [0.25, 0.3) is 0 Å². The Labute approximate surface area is 256 Å². The van der Waals surface area contributed by atoms with Gasteiger partial charge in [-0.2, -0.15) is 4.57 Å². The number of hydrogen-bond donors (Lipinski definition) is 0. The van der Waals surface area contributed by atoms with Crippen LogP contribution < -0.4 is 33.4 Å². The number of allylic oxidation sites excluding steroid dienone is 2. The number of hydrogen-bond acceptors (Lipinski definition) is 2. The van der Waals surface area contributed by atoms with Gasteiger partial charge >= 0.3 is 0 Å². The van der Waals surface area contributed by atoms with Gasteiger partial charge in [-0.1, -0.05) is 112 Å². The van der Waals surface area contributed by atoms with E-state index < -0.39 is 0 Å². The summed E-state index contributed by atoms with van der Waals surface area (Å²) in [6.07, 6.45) is 11.4. The molecular formula is C29H27I3N2S. The molecule has 0 radical (unpaired) electrons. The topological polar surface area (TPSA) is 7.12 Å². The lowest BCUT2D eigenvalue weighted by Crippen LogP contribution is -3.00. The number of benzene rings is 3. The monoisotopic (exact) mass is 816 g/mol. The number of aryl methyl sites for hydroxylation is 1. The van der Waals surface area contributed by atoms with E-state index in [9.17, 15) is 0 Å². The van der Waals surface area contributed by atoms with Crippen molar-refractivity contribution >= 4 is 90.4 Å². The van der Waals surface area contributed by atoms with Crippen molar-refractivity contribution in [3.63, 3.8) is 0 Å². The van der Waals surface area contributed by atoms with Crippen molar-refractivity contribution in [2.24, 2.45) is 0 Å². The van der Waals surface area contributed by atoms with E-state index in [1.54, 1.807) is 0 Å². The van der Waals surface area contributed by atoms with Gasteiger partial charge in [-0.15, -0.1) is 0 Å². The number of alkyl halides is 2. The molecule has 0 spiro atoms. The van der Waals surface area contributed by atoms with Crippen molar-refractivity contribution in [3.8, 4) is 0 Å². The fourth-order valence-corrected chi connectivity index (χ4v) is 6.43. The third kappa shape index (κ3) is 6.01. The minimum absolute atomic E-state index is 0. The molecule has 5 rings (SSSR count). The van der Waals surface area contributed by atoms with Gasteiger partial charge in [0.05, 0.1) is 16.1 Å². The maximum absolute atomic E-state index is 2.50. The highest BCUT2D eigenvalue weighted by molar-refractivity contribution is 14.1. The van der Waals surface area contributed by atoms with Crippen LogP contribution >= 0.6 is 56.9 Å². The van der Waals surface area contributed by atoms with E-state index in [0.717, 1.165) is 13.1 Å². The Morgan fingerprint density at radius 1 is 0.857 bits per heavy atom. The van der Waals surface area contributed by atoms with E-state index >= 15 is 0 Å². The molecule has 180 valence electrons. The number of rotatable bonds is 8. The third-order valence-corrected chi connectivity index (χ3v) is 8.87. The maximum atomic E-state index is 2.50. The van der Waals surface area contributed by atoms with Crippen LogP contribution in [0.15, 0.2) is 95.0 Å². The van der Waals surface area contributed by atoms with Gasteiger partial charge in [0.2, 0.25) is 5.52 Å². The van der Waals surface area contributed by atoms with Gasteiger partial charge in [-0.05, 0) is 41.0 Å². The van der Waals surface area contributed by atoms with Crippen molar-refractivity contribution in [1.82, 2.24) is 0 Å². The minimum atomic E-state index is 0. The smallest absolute Gasteiger partial charge is 0.213 e. The molecule has 1 aromatic heterocycles. The molecule has 3 aromatic carbocycles. The van der Waals surface area contributed by atoms with Gasteiger partial charge in [0.15, 0.2) is 6.20 Å². The number of anilines is 1. The molecule has 4 aromatic rings. The zero-order valence-electron chi connectivity index (χ0n) is 19.3. The highest BCUT2D eigenvalue weighted by Gasteiger charge is 2.26. The van der Waals surface area contributed by atoms with Gasteiger partial charge in [0, 0.05) is 38.8 Å². The van der Waals surface area contributed by atoms with Crippen LogP contribution in [0.25, 0.3) is 27.8 Å². The Bertz CT molecular complexity index is 1380. The maximum Gasteiger partial charge on any atom is 0.213 e. The minimum Gasteiger partial charge on any atom is -1.00 e. The fraction of sp³-hybridized carbons (Fsp3) is 0.207. The van der Waals surface area contributed by atoms with Crippen molar-refractivity contribution in [1.29, 1.82) is 0 Å². The van der Waals surface area contributed by atoms with Gasteiger partial charge in [0.1, 0.15) is 6.54 Å². The predicted octanol–water partition coefficient (Wildman–Crippen LogP) is 5.40. The average Bonchev–Trinajstić information content (AvgIpc) is 3.24. The molecule has 0 atom stereocenters. The number of halogens is 3. The molecule has 0 bridgehead atoms. The Morgan fingerprint density at radius 3 is 2.46 bits per heavy atom. The molecule has 2 heterocycles. The molecule has 0 N–H and O–H groups in total.